The first-order chi connectivity index (χ1) is 9.13. The molecule has 1 amide bonds. The maximum atomic E-state index is 13.7. The second-order valence-corrected chi connectivity index (χ2v) is 5.07. The number of hydrogen-bond donors (Lipinski definition) is 1. The van der Waals surface area contributed by atoms with E-state index in [-0.39, 0.29) is 11.3 Å². The maximum Gasteiger partial charge on any atom is 0.258 e. The summed E-state index contributed by atoms with van der Waals surface area (Å²) < 4.78 is 18.7. The van der Waals surface area contributed by atoms with Gasteiger partial charge in [0.15, 0.2) is 0 Å². The highest BCUT2D eigenvalue weighted by atomic mass is 79.9. The zero-order valence-electron chi connectivity index (χ0n) is 11.2. The Hall–Kier alpha value is -1.10. The Morgan fingerprint density at radius 3 is 2.84 bits per heavy atom. The molecule has 0 bridgehead atoms. The van der Waals surface area contributed by atoms with Gasteiger partial charge in [0, 0.05) is 11.9 Å². The minimum absolute atomic E-state index is 0.0290. The van der Waals surface area contributed by atoms with Crippen molar-refractivity contribution in [2.45, 2.75) is 19.8 Å². The molecule has 0 heterocycles. The molecule has 0 aliphatic rings. The summed E-state index contributed by atoms with van der Waals surface area (Å²) in [5, 5.41) is 3.66. The van der Waals surface area contributed by atoms with Crippen LogP contribution in [0, 0.1) is 11.7 Å². The number of carbonyl (C=O) groups is 1. The van der Waals surface area contributed by atoms with Crippen LogP contribution in [0.3, 0.4) is 0 Å². The molecule has 0 saturated heterocycles. The van der Waals surface area contributed by atoms with Gasteiger partial charge in [0.25, 0.3) is 5.91 Å². The molecular weight excluding hydrogens is 313 g/mol. The van der Waals surface area contributed by atoms with E-state index in [1.165, 1.54) is 19.2 Å². The van der Waals surface area contributed by atoms with E-state index in [0.717, 1.165) is 18.2 Å². The number of nitrogens with one attached hydrogen (secondary N) is 1. The highest BCUT2D eigenvalue weighted by Crippen LogP contribution is 2.21. The smallest absolute Gasteiger partial charge is 0.258 e. The Labute approximate surface area is 121 Å². The van der Waals surface area contributed by atoms with Gasteiger partial charge in [-0.1, -0.05) is 35.3 Å². The van der Waals surface area contributed by atoms with Crippen molar-refractivity contribution >= 4 is 21.8 Å². The van der Waals surface area contributed by atoms with E-state index in [4.69, 9.17) is 4.74 Å². The first-order valence-electron chi connectivity index (χ1n) is 6.30. The predicted octanol–water partition coefficient (Wildman–Crippen LogP) is 3.38. The van der Waals surface area contributed by atoms with Gasteiger partial charge < -0.3 is 10.1 Å². The van der Waals surface area contributed by atoms with Crippen LogP contribution in [0.2, 0.25) is 0 Å². The van der Waals surface area contributed by atoms with Crippen molar-refractivity contribution in [2.75, 3.05) is 19.0 Å². The highest BCUT2D eigenvalue weighted by Gasteiger charge is 2.18. The summed E-state index contributed by atoms with van der Waals surface area (Å²) in [6, 6.07) is 4.35. The third-order valence-electron chi connectivity index (χ3n) is 3.07. The van der Waals surface area contributed by atoms with Gasteiger partial charge in [0.1, 0.15) is 17.1 Å². The van der Waals surface area contributed by atoms with E-state index in [0.29, 0.717) is 12.5 Å². The van der Waals surface area contributed by atoms with Gasteiger partial charge in [-0.05, 0) is 24.5 Å². The number of carbonyl (C=O) groups excluding carboxylic acids is 1. The molecule has 5 heteroatoms. The monoisotopic (exact) mass is 331 g/mol. The molecule has 0 spiro atoms. The lowest BCUT2D eigenvalue weighted by molar-refractivity contribution is 0.0939. The van der Waals surface area contributed by atoms with Gasteiger partial charge in [0.2, 0.25) is 0 Å². The largest absolute Gasteiger partial charge is 0.496 e. The lowest BCUT2D eigenvalue weighted by atomic mass is 10.0. The van der Waals surface area contributed by atoms with Gasteiger partial charge in [-0.15, -0.1) is 0 Å². The molecule has 1 rings (SSSR count). The molecular formula is C14H19BrFNO2. The number of benzene rings is 1. The maximum absolute atomic E-state index is 13.7. The van der Waals surface area contributed by atoms with Crippen molar-refractivity contribution in [3.05, 3.63) is 29.6 Å². The molecule has 0 fully saturated rings. The SMILES string of the molecule is CCC(CCBr)CNC(=O)c1c(F)cccc1OC. The van der Waals surface area contributed by atoms with Gasteiger partial charge in [0.05, 0.1) is 7.11 Å². The van der Waals surface area contributed by atoms with E-state index in [1.54, 1.807) is 6.07 Å². The van der Waals surface area contributed by atoms with E-state index < -0.39 is 11.7 Å². The molecule has 0 aliphatic carbocycles. The van der Waals surface area contributed by atoms with Crippen molar-refractivity contribution in [2.24, 2.45) is 5.92 Å². The molecule has 1 unspecified atom stereocenters. The van der Waals surface area contributed by atoms with E-state index in [9.17, 15) is 9.18 Å². The second-order valence-electron chi connectivity index (χ2n) is 4.28. The summed E-state index contributed by atoms with van der Waals surface area (Å²) in [4.78, 5) is 12.0. The summed E-state index contributed by atoms with van der Waals surface area (Å²) in [6.07, 6.45) is 1.95. The molecule has 0 radical (unpaired) electrons. The molecule has 1 aromatic rings. The summed E-state index contributed by atoms with van der Waals surface area (Å²) in [5.41, 5.74) is -0.0290. The van der Waals surface area contributed by atoms with Crippen molar-refractivity contribution in [1.82, 2.24) is 5.32 Å². The van der Waals surface area contributed by atoms with Gasteiger partial charge in [-0.25, -0.2) is 4.39 Å². The minimum atomic E-state index is -0.564. The average molecular weight is 332 g/mol. The normalized spacial score (nSPS) is 12.0. The molecule has 1 aromatic carbocycles. The number of methoxy groups -OCH3 is 1. The summed E-state index contributed by atoms with van der Waals surface area (Å²) in [7, 11) is 1.42. The van der Waals surface area contributed by atoms with Crippen LogP contribution in [0.5, 0.6) is 5.75 Å². The number of rotatable bonds is 7. The van der Waals surface area contributed by atoms with E-state index in [1.807, 2.05) is 0 Å². The summed E-state index contributed by atoms with van der Waals surface area (Å²) in [5.74, 6) is -0.347. The number of ether oxygens (including phenoxy) is 1. The van der Waals surface area contributed by atoms with Gasteiger partial charge >= 0.3 is 0 Å². The van der Waals surface area contributed by atoms with Gasteiger partial charge in [-0.2, -0.15) is 0 Å². The van der Waals surface area contributed by atoms with Crippen LogP contribution in [0.25, 0.3) is 0 Å². The molecule has 1 atom stereocenters. The fourth-order valence-corrected chi connectivity index (χ4v) is 2.47. The number of amides is 1. The Bertz CT molecular complexity index is 426. The average Bonchev–Trinajstić information content (AvgIpc) is 2.42. The lowest BCUT2D eigenvalue weighted by Gasteiger charge is -2.15. The Kier molecular flexibility index (Phi) is 6.84. The van der Waals surface area contributed by atoms with Crippen LogP contribution in [-0.2, 0) is 0 Å². The van der Waals surface area contributed by atoms with Crippen molar-refractivity contribution < 1.29 is 13.9 Å². The van der Waals surface area contributed by atoms with Crippen molar-refractivity contribution in [1.29, 1.82) is 0 Å². The molecule has 106 valence electrons. The van der Waals surface area contributed by atoms with Crippen molar-refractivity contribution in [3.63, 3.8) is 0 Å². The Morgan fingerprint density at radius 2 is 2.26 bits per heavy atom. The van der Waals surface area contributed by atoms with Crippen molar-refractivity contribution in [3.8, 4) is 5.75 Å². The van der Waals surface area contributed by atoms with E-state index >= 15 is 0 Å². The fraction of sp³-hybridized carbons (Fsp3) is 0.500. The topological polar surface area (TPSA) is 38.3 Å². The quantitative estimate of drug-likeness (QED) is 0.778. The van der Waals surface area contributed by atoms with Crippen LogP contribution in [0.1, 0.15) is 30.1 Å². The third-order valence-corrected chi connectivity index (χ3v) is 3.53. The molecule has 0 aliphatic heterocycles. The number of hydrogen-bond acceptors (Lipinski definition) is 2. The fourth-order valence-electron chi connectivity index (χ4n) is 1.83. The number of alkyl halides is 1. The van der Waals surface area contributed by atoms with Gasteiger partial charge in [-0.3, -0.25) is 4.79 Å². The molecule has 19 heavy (non-hydrogen) atoms. The van der Waals surface area contributed by atoms with Crippen LogP contribution < -0.4 is 10.1 Å². The summed E-state index contributed by atoms with van der Waals surface area (Å²) >= 11 is 3.38. The van der Waals surface area contributed by atoms with Crippen LogP contribution >= 0.6 is 15.9 Å². The third kappa shape index (κ3) is 4.49. The molecule has 3 nitrogen and oxygen atoms in total. The lowest BCUT2D eigenvalue weighted by Crippen LogP contribution is -2.30. The standard InChI is InChI=1S/C14H19BrFNO2/c1-3-10(7-8-15)9-17-14(18)13-11(16)5-4-6-12(13)19-2/h4-6,10H,3,7-9H2,1-2H3,(H,17,18). The van der Waals surface area contributed by atoms with Crippen LogP contribution in [0.15, 0.2) is 18.2 Å². The minimum Gasteiger partial charge on any atom is -0.496 e. The zero-order chi connectivity index (χ0) is 14.3. The Balaban J connectivity index is 2.73. The zero-order valence-corrected chi connectivity index (χ0v) is 12.8. The first-order valence-corrected chi connectivity index (χ1v) is 7.42. The Morgan fingerprint density at radius 1 is 1.53 bits per heavy atom. The first kappa shape index (κ1) is 16.0. The summed E-state index contributed by atoms with van der Waals surface area (Å²) in [6.45, 7) is 2.61. The molecule has 0 saturated carbocycles. The highest BCUT2D eigenvalue weighted by molar-refractivity contribution is 9.09. The second kappa shape index (κ2) is 8.15. The van der Waals surface area contributed by atoms with E-state index in [2.05, 4.69) is 28.2 Å². The van der Waals surface area contributed by atoms with Crippen LogP contribution in [-0.4, -0.2) is 24.9 Å². The predicted molar refractivity (Wildman–Crippen MR) is 77.5 cm³/mol. The number of halogens is 2. The van der Waals surface area contributed by atoms with Crippen LogP contribution in [0.4, 0.5) is 4.39 Å². The molecule has 1 N–H and O–H groups in total. The molecule has 0 aromatic heterocycles.